The van der Waals surface area contributed by atoms with Crippen LogP contribution in [0.2, 0.25) is 0 Å². The number of hydrogen-bond acceptors (Lipinski definition) is 5. The van der Waals surface area contributed by atoms with Gasteiger partial charge in [-0.3, -0.25) is 0 Å². The number of ether oxygens (including phenoxy) is 3. The molecule has 21 heavy (non-hydrogen) atoms. The maximum Gasteiger partial charge on any atom is 0.203 e. The van der Waals surface area contributed by atoms with Gasteiger partial charge < -0.3 is 19.1 Å². The van der Waals surface area contributed by atoms with Crippen LogP contribution in [0.25, 0.3) is 5.57 Å². The Kier molecular flexibility index (Phi) is 6.15. The predicted octanol–water partition coefficient (Wildman–Crippen LogP) is 2.69. The Morgan fingerprint density at radius 3 is 2.05 bits per heavy atom. The highest BCUT2D eigenvalue weighted by Gasteiger charge is 2.14. The third kappa shape index (κ3) is 4.18. The normalized spacial score (nSPS) is 11.1. The van der Waals surface area contributed by atoms with Crippen molar-refractivity contribution in [2.75, 3.05) is 35.4 Å². The lowest BCUT2D eigenvalue weighted by molar-refractivity contribution is 0.324. The molecule has 0 atom stereocenters. The van der Waals surface area contributed by atoms with Crippen molar-refractivity contribution in [1.29, 1.82) is 5.26 Å². The van der Waals surface area contributed by atoms with Crippen LogP contribution in [0.15, 0.2) is 30.5 Å². The Balaban J connectivity index is 3.40. The molecule has 0 aliphatic rings. The molecule has 0 aromatic heterocycles. The molecule has 0 aliphatic carbocycles. The minimum absolute atomic E-state index is 0.525. The van der Waals surface area contributed by atoms with Crippen LogP contribution in [-0.4, -0.2) is 40.3 Å². The zero-order chi connectivity index (χ0) is 15.8. The van der Waals surface area contributed by atoms with E-state index in [4.69, 9.17) is 19.5 Å². The summed E-state index contributed by atoms with van der Waals surface area (Å²) in [6.07, 6.45) is 5.19. The summed E-state index contributed by atoms with van der Waals surface area (Å²) in [5.41, 5.74) is 1.56. The summed E-state index contributed by atoms with van der Waals surface area (Å²) in [6.45, 7) is 0. The van der Waals surface area contributed by atoms with Gasteiger partial charge in [0, 0.05) is 20.2 Å². The second-order valence-corrected chi connectivity index (χ2v) is 4.42. The zero-order valence-corrected chi connectivity index (χ0v) is 13.0. The summed E-state index contributed by atoms with van der Waals surface area (Å²) in [5.74, 6) is 1.62. The van der Waals surface area contributed by atoms with Gasteiger partial charge in [0.25, 0.3) is 0 Å². The van der Waals surface area contributed by atoms with Crippen LogP contribution >= 0.6 is 0 Å². The summed E-state index contributed by atoms with van der Waals surface area (Å²) in [4.78, 5) is 1.89. The number of benzene rings is 1. The monoisotopic (exact) mass is 288 g/mol. The third-order valence-electron chi connectivity index (χ3n) is 2.77. The minimum Gasteiger partial charge on any atom is -0.493 e. The topological polar surface area (TPSA) is 54.7 Å². The van der Waals surface area contributed by atoms with Crippen LogP contribution in [0, 0.1) is 11.3 Å². The largest absolute Gasteiger partial charge is 0.493 e. The fraction of sp³-hybridized carbons (Fsp3) is 0.312. The molecule has 5 heteroatoms. The molecule has 0 heterocycles. The van der Waals surface area contributed by atoms with Gasteiger partial charge in [-0.25, -0.2) is 0 Å². The molecule has 112 valence electrons. The van der Waals surface area contributed by atoms with Crippen molar-refractivity contribution in [3.8, 4) is 23.3 Å². The fourth-order valence-electron chi connectivity index (χ4n) is 1.77. The van der Waals surface area contributed by atoms with Gasteiger partial charge in [-0.1, -0.05) is 0 Å². The van der Waals surface area contributed by atoms with Crippen LogP contribution < -0.4 is 14.2 Å². The summed E-state index contributed by atoms with van der Waals surface area (Å²) >= 11 is 0. The van der Waals surface area contributed by atoms with Crippen molar-refractivity contribution in [3.05, 3.63) is 36.0 Å². The van der Waals surface area contributed by atoms with E-state index in [9.17, 15) is 0 Å². The summed E-state index contributed by atoms with van der Waals surface area (Å²) < 4.78 is 15.9. The highest BCUT2D eigenvalue weighted by Crippen LogP contribution is 2.40. The fourth-order valence-corrected chi connectivity index (χ4v) is 1.77. The molecule has 0 spiro atoms. The molecule has 0 radical (unpaired) electrons. The molecule has 0 bridgehead atoms. The molecular formula is C16H20N2O3. The predicted molar refractivity (Wildman–Crippen MR) is 82.5 cm³/mol. The standard InChI is InChI=1S/C16H20N2O3/c1-18(2)9-7-12(6-8-17)13-10-14(19-3)16(21-5)15(11-13)20-4/h6-7,9-11H,1-5H3. The van der Waals surface area contributed by atoms with Crippen LogP contribution in [0.5, 0.6) is 17.2 Å². The molecule has 1 aromatic rings. The van der Waals surface area contributed by atoms with Gasteiger partial charge >= 0.3 is 0 Å². The van der Waals surface area contributed by atoms with Crippen molar-refractivity contribution in [2.45, 2.75) is 0 Å². The Hall–Kier alpha value is -2.61. The number of hydrogen-bond donors (Lipinski definition) is 0. The molecule has 5 nitrogen and oxygen atoms in total. The van der Waals surface area contributed by atoms with E-state index in [1.54, 1.807) is 21.3 Å². The molecule has 0 amide bonds. The van der Waals surface area contributed by atoms with E-state index in [2.05, 4.69) is 0 Å². The van der Waals surface area contributed by atoms with Crippen LogP contribution in [-0.2, 0) is 0 Å². The van der Waals surface area contributed by atoms with Gasteiger partial charge in [0.05, 0.1) is 27.4 Å². The lowest BCUT2D eigenvalue weighted by atomic mass is 10.0. The number of methoxy groups -OCH3 is 3. The molecular weight excluding hydrogens is 268 g/mol. The van der Waals surface area contributed by atoms with Gasteiger partial charge in [-0.15, -0.1) is 0 Å². The van der Waals surface area contributed by atoms with Crippen molar-refractivity contribution in [1.82, 2.24) is 4.90 Å². The van der Waals surface area contributed by atoms with E-state index in [0.717, 1.165) is 11.1 Å². The Bertz CT molecular complexity index is 559. The second-order valence-electron chi connectivity index (χ2n) is 4.42. The lowest BCUT2D eigenvalue weighted by Crippen LogP contribution is -2.00. The first kappa shape index (κ1) is 16.4. The Morgan fingerprint density at radius 2 is 1.67 bits per heavy atom. The molecule has 0 saturated heterocycles. The molecule has 1 aromatic carbocycles. The smallest absolute Gasteiger partial charge is 0.203 e. The maximum atomic E-state index is 8.96. The van der Waals surface area contributed by atoms with Gasteiger partial charge in [0.1, 0.15) is 0 Å². The van der Waals surface area contributed by atoms with E-state index in [1.807, 2.05) is 49.5 Å². The average molecular weight is 288 g/mol. The van der Waals surface area contributed by atoms with Crippen LogP contribution in [0.1, 0.15) is 5.56 Å². The number of rotatable bonds is 6. The summed E-state index contributed by atoms with van der Waals surface area (Å²) in [6, 6.07) is 5.67. The number of nitriles is 1. The summed E-state index contributed by atoms with van der Waals surface area (Å²) in [5, 5.41) is 8.96. The van der Waals surface area contributed by atoms with E-state index in [1.165, 1.54) is 6.08 Å². The maximum absolute atomic E-state index is 8.96. The number of allylic oxidation sites excluding steroid dienone is 3. The number of nitrogens with zero attached hydrogens (tertiary/aromatic N) is 2. The molecule has 0 aliphatic heterocycles. The molecule has 1 rings (SSSR count). The molecule has 0 saturated carbocycles. The lowest BCUT2D eigenvalue weighted by Gasteiger charge is -2.14. The first-order valence-corrected chi connectivity index (χ1v) is 6.32. The van der Waals surface area contributed by atoms with Gasteiger partial charge in [-0.2, -0.15) is 5.26 Å². The van der Waals surface area contributed by atoms with Crippen molar-refractivity contribution < 1.29 is 14.2 Å². The zero-order valence-electron chi connectivity index (χ0n) is 13.0. The highest BCUT2D eigenvalue weighted by atomic mass is 16.5. The van der Waals surface area contributed by atoms with Gasteiger partial charge in [-0.05, 0) is 35.5 Å². The van der Waals surface area contributed by atoms with Crippen LogP contribution in [0.4, 0.5) is 0 Å². The highest BCUT2D eigenvalue weighted by molar-refractivity contribution is 5.78. The van der Waals surface area contributed by atoms with Crippen LogP contribution in [0.3, 0.4) is 0 Å². The van der Waals surface area contributed by atoms with E-state index < -0.39 is 0 Å². The third-order valence-corrected chi connectivity index (χ3v) is 2.77. The van der Waals surface area contributed by atoms with Crippen molar-refractivity contribution >= 4 is 5.57 Å². The first-order valence-electron chi connectivity index (χ1n) is 6.32. The summed E-state index contributed by atoms with van der Waals surface area (Å²) in [7, 11) is 8.50. The van der Waals surface area contributed by atoms with Gasteiger partial charge in [0.15, 0.2) is 11.5 Å². The van der Waals surface area contributed by atoms with E-state index in [-0.39, 0.29) is 0 Å². The van der Waals surface area contributed by atoms with E-state index in [0.29, 0.717) is 17.2 Å². The van der Waals surface area contributed by atoms with Gasteiger partial charge in [0.2, 0.25) is 5.75 Å². The molecule has 0 N–H and O–H groups in total. The Morgan fingerprint density at radius 1 is 1.10 bits per heavy atom. The van der Waals surface area contributed by atoms with Crippen molar-refractivity contribution in [3.63, 3.8) is 0 Å². The Labute approximate surface area is 125 Å². The molecule has 0 fully saturated rings. The average Bonchev–Trinajstić information content (AvgIpc) is 2.49. The quantitative estimate of drug-likeness (QED) is 0.595. The first-order chi connectivity index (χ1) is 10.1. The minimum atomic E-state index is 0.525. The van der Waals surface area contributed by atoms with Crippen molar-refractivity contribution in [2.24, 2.45) is 0 Å². The molecule has 0 unspecified atom stereocenters. The SMILES string of the molecule is COc1cc(C(C=CN(C)C)=CC#N)cc(OC)c1OC. The van der Waals surface area contributed by atoms with E-state index >= 15 is 0 Å². The second kappa shape index (κ2) is 7.85.